The van der Waals surface area contributed by atoms with Gasteiger partial charge in [-0.2, -0.15) is 12.7 Å². The van der Waals surface area contributed by atoms with Gasteiger partial charge >= 0.3 is 0 Å². The number of anilines is 2. The minimum Gasteiger partial charge on any atom is -0.378 e. The van der Waals surface area contributed by atoms with E-state index in [2.05, 4.69) is 24.9 Å². The highest BCUT2D eigenvalue weighted by molar-refractivity contribution is 7.87. The van der Waals surface area contributed by atoms with Crippen molar-refractivity contribution in [2.45, 2.75) is 19.8 Å². The highest BCUT2D eigenvalue weighted by Crippen LogP contribution is 2.17. The number of aryl methyl sites for hydroxylation is 1. The van der Waals surface area contributed by atoms with Gasteiger partial charge in [-0.1, -0.05) is 0 Å². The number of aromatic nitrogens is 2. The van der Waals surface area contributed by atoms with Gasteiger partial charge in [0, 0.05) is 45.3 Å². The molecule has 0 unspecified atom stereocenters. The molecule has 25 heavy (non-hydrogen) atoms. The minimum atomic E-state index is -3.36. The summed E-state index contributed by atoms with van der Waals surface area (Å²) < 4.78 is 33.7. The Balaban J connectivity index is 1.51. The first-order chi connectivity index (χ1) is 12.0. The second-order valence-corrected chi connectivity index (χ2v) is 7.95. The van der Waals surface area contributed by atoms with Crippen LogP contribution >= 0.6 is 0 Å². The molecule has 0 amide bonds. The molecule has 1 aromatic rings. The molecule has 10 heteroatoms. The Kier molecular flexibility index (Phi) is 6.05. The van der Waals surface area contributed by atoms with E-state index in [9.17, 15) is 8.42 Å². The zero-order valence-electron chi connectivity index (χ0n) is 14.6. The molecule has 0 aliphatic carbocycles. The Morgan fingerprint density at radius 1 is 1.12 bits per heavy atom. The number of ether oxygens (including phenoxy) is 1. The number of hydrogen-bond acceptors (Lipinski definition) is 7. The molecule has 3 rings (SSSR count). The maximum Gasteiger partial charge on any atom is 0.279 e. The topological polar surface area (TPSA) is 99.7 Å². The van der Waals surface area contributed by atoms with Crippen molar-refractivity contribution in [3.63, 3.8) is 0 Å². The van der Waals surface area contributed by atoms with E-state index in [-0.39, 0.29) is 0 Å². The predicted molar refractivity (Wildman–Crippen MR) is 96.0 cm³/mol. The quantitative estimate of drug-likeness (QED) is 0.650. The fraction of sp³-hybridized carbons (Fsp3) is 0.733. The standard InChI is InChI=1S/C15H26N6O3S/c1-13-18-14(12-15(19-13)20-8-10-24-11-9-20)16-4-5-17-25(22,23)21-6-2-3-7-21/h12,17H,2-11H2,1H3,(H,16,18,19). The van der Waals surface area contributed by atoms with Crippen molar-refractivity contribution in [3.05, 3.63) is 11.9 Å². The first-order valence-corrected chi connectivity index (χ1v) is 10.2. The molecule has 1 aromatic heterocycles. The normalized spacial score (nSPS) is 19.3. The van der Waals surface area contributed by atoms with Crippen molar-refractivity contribution >= 4 is 21.8 Å². The van der Waals surface area contributed by atoms with Crippen LogP contribution in [0.5, 0.6) is 0 Å². The summed E-state index contributed by atoms with van der Waals surface area (Å²) in [7, 11) is -3.36. The van der Waals surface area contributed by atoms with Gasteiger partial charge in [-0.3, -0.25) is 0 Å². The summed E-state index contributed by atoms with van der Waals surface area (Å²) in [5.74, 6) is 2.26. The van der Waals surface area contributed by atoms with E-state index in [1.807, 2.05) is 13.0 Å². The molecule has 0 radical (unpaired) electrons. The number of rotatable bonds is 7. The van der Waals surface area contributed by atoms with Crippen LogP contribution in [0, 0.1) is 6.92 Å². The molecule has 0 saturated carbocycles. The summed E-state index contributed by atoms with van der Waals surface area (Å²) in [5, 5.41) is 3.17. The van der Waals surface area contributed by atoms with Gasteiger partial charge in [0.2, 0.25) is 0 Å². The zero-order chi connectivity index (χ0) is 17.7. The second kappa shape index (κ2) is 8.26. The molecule has 2 N–H and O–H groups in total. The molecule has 9 nitrogen and oxygen atoms in total. The molecule has 2 aliphatic rings. The lowest BCUT2D eigenvalue weighted by Crippen LogP contribution is -2.40. The Labute approximate surface area is 149 Å². The van der Waals surface area contributed by atoms with E-state index in [1.165, 1.54) is 4.31 Å². The van der Waals surface area contributed by atoms with Gasteiger partial charge in [-0.15, -0.1) is 0 Å². The van der Waals surface area contributed by atoms with Crippen LogP contribution in [0.15, 0.2) is 6.07 Å². The van der Waals surface area contributed by atoms with Crippen molar-refractivity contribution in [1.29, 1.82) is 0 Å². The van der Waals surface area contributed by atoms with Crippen molar-refractivity contribution < 1.29 is 13.2 Å². The first kappa shape index (κ1) is 18.3. The largest absolute Gasteiger partial charge is 0.378 e. The summed E-state index contributed by atoms with van der Waals surface area (Å²) in [5.41, 5.74) is 0. The third-order valence-corrected chi connectivity index (χ3v) is 5.89. The predicted octanol–water partition coefficient (Wildman–Crippen LogP) is -0.0363. The van der Waals surface area contributed by atoms with E-state index in [0.717, 1.165) is 31.7 Å². The molecule has 2 saturated heterocycles. The van der Waals surface area contributed by atoms with Crippen LogP contribution in [0.3, 0.4) is 0 Å². The van der Waals surface area contributed by atoms with Crippen LogP contribution < -0.4 is 14.9 Å². The summed E-state index contributed by atoms with van der Waals surface area (Å²) in [4.78, 5) is 11.0. The Bertz CT molecular complexity index is 672. The maximum absolute atomic E-state index is 12.1. The van der Waals surface area contributed by atoms with Crippen LogP contribution in [-0.4, -0.2) is 75.2 Å². The summed E-state index contributed by atoms with van der Waals surface area (Å²) >= 11 is 0. The van der Waals surface area contributed by atoms with Crippen molar-refractivity contribution in [2.24, 2.45) is 0 Å². The van der Waals surface area contributed by atoms with Gasteiger partial charge in [-0.05, 0) is 19.8 Å². The lowest BCUT2D eigenvalue weighted by atomic mass is 10.4. The fourth-order valence-electron chi connectivity index (χ4n) is 2.99. The molecule has 2 aliphatic heterocycles. The van der Waals surface area contributed by atoms with Crippen molar-refractivity contribution in [3.8, 4) is 0 Å². The van der Waals surface area contributed by atoms with E-state index in [1.54, 1.807) is 0 Å². The number of hydrogen-bond donors (Lipinski definition) is 2. The van der Waals surface area contributed by atoms with E-state index < -0.39 is 10.2 Å². The van der Waals surface area contributed by atoms with Crippen LogP contribution in [-0.2, 0) is 14.9 Å². The van der Waals surface area contributed by atoms with Gasteiger partial charge in [-0.25, -0.2) is 14.7 Å². The smallest absolute Gasteiger partial charge is 0.279 e. The molecule has 0 aromatic carbocycles. The third-order valence-electron chi connectivity index (χ3n) is 4.28. The molecule has 140 valence electrons. The zero-order valence-corrected chi connectivity index (χ0v) is 15.4. The van der Waals surface area contributed by atoms with E-state index in [0.29, 0.717) is 51.0 Å². The SMILES string of the molecule is Cc1nc(NCCNS(=O)(=O)N2CCCC2)cc(N2CCOCC2)n1. The molecule has 0 spiro atoms. The monoisotopic (exact) mass is 370 g/mol. The van der Waals surface area contributed by atoms with Gasteiger partial charge in [0.1, 0.15) is 17.5 Å². The molecule has 0 atom stereocenters. The second-order valence-electron chi connectivity index (χ2n) is 6.19. The Morgan fingerprint density at radius 3 is 2.56 bits per heavy atom. The van der Waals surface area contributed by atoms with Crippen LogP contribution in [0.25, 0.3) is 0 Å². The lowest BCUT2D eigenvalue weighted by molar-refractivity contribution is 0.122. The lowest BCUT2D eigenvalue weighted by Gasteiger charge is -2.28. The first-order valence-electron chi connectivity index (χ1n) is 8.71. The third kappa shape index (κ3) is 5.00. The van der Waals surface area contributed by atoms with Crippen molar-refractivity contribution in [2.75, 3.05) is 62.7 Å². The minimum absolute atomic E-state index is 0.314. The number of nitrogens with zero attached hydrogens (tertiary/aromatic N) is 4. The molecule has 0 bridgehead atoms. The Morgan fingerprint density at radius 2 is 1.84 bits per heavy atom. The fourth-order valence-corrected chi connectivity index (χ4v) is 4.27. The summed E-state index contributed by atoms with van der Waals surface area (Å²) in [6, 6.07) is 1.90. The van der Waals surface area contributed by atoms with Crippen LogP contribution in [0.1, 0.15) is 18.7 Å². The highest BCUT2D eigenvalue weighted by Gasteiger charge is 2.24. The Hall–Kier alpha value is -1.49. The summed E-state index contributed by atoms with van der Waals surface area (Å²) in [6.45, 7) is 6.87. The molecular formula is C15H26N6O3S. The number of nitrogens with one attached hydrogen (secondary N) is 2. The van der Waals surface area contributed by atoms with E-state index in [4.69, 9.17) is 4.74 Å². The number of morpholine rings is 1. The van der Waals surface area contributed by atoms with Gasteiger partial charge in [0.15, 0.2) is 0 Å². The molecule has 2 fully saturated rings. The van der Waals surface area contributed by atoms with Gasteiger partial charge < -0.3 is 15.0 Å². The van der Waals surface area contributed by atoms with E-state index >= 15 is 0 Å². The average Bonchev–Trinajstić information content (AvgIpc) is 3.15. The average molecular weight is 370 g/mol. The van der Waals surface area contributed by atoms with Crippen LogP contribution in [0.4, 0.5) is 11.6 Å². The van der Waals surface area contributed by atoms with Gasteiger partial charge in [0.25, 0.3) is 10.2 Å². The maximum atomic E-state index is 12.1. The summed E-state index contributed by atoms with van der Waals surface area (Å²) in [6.07, 6.45) is 1.87. The highest BCUT2D eigenvalue weighted by atomic mass is 32.2. The van der Waals surface area contributed by atoms with Crippen LogP contribution in [0.2, 0.25) is 0 Å². The molecule has 3 heterocycles. The van der Waals surface area contributed by atoms with Gasteiger partial charge in [0.05, 0.1) is 13.2 Å². The van der Waals surface area contributed by atoms with Crippen molar-refractivity contribution in [1.82, 2.24) is 19.0 Å². The molecular weight excluding hydrogens is 344 g/mol.